The Morgan fingerprint density at radius 1 is 1.07 bits per heavy atom. The third kappa shape index (κ3) is 4.71. The van der Waals surface area contributed by atoms with Crippen LogP contribution in [0.15, 0.2) is 52.9 Å². The number of esters is 1. The summed E-state index contributed by atoms with van der Waals surface area (Å²) in [5, 5.41) is 3.72. The third-order valence-corrected chi connectivity index (χ3v) is 4.51. The Hall–Kier alpha value is -3.28. The number of hydrogen-bond acceptors (Lipinski definition) is 5. The highest BCUT2D eigenvalue weighted by molar-refractivity contribution is 5.82. The van der Waals surface area contributed by atoms with E-state index in [4.69, 9.17) is 13.9 Å². The lowest BCUT2D eigenvalue weighted by atomic mass is 10.1. The lowest BCUT2D eigenvalue weighted by Crippen LogP contribution is -2.31. The topological polar surface area (TPSA) is 77.8 Å². The molecule has 0 saturated carbocycles. The van der Waals surface area contributed by atoms with Crippen LogP contribution in [-0.4, -0.2) is 25.1 Å². The molecule has 0 unspecified atom stereocenters. The van der Waals surface area contributed by atoms with Crippen molar-refractivity contribution in [2.24, 2.45) is 0 Å². The number of para-hydroxylation sites is 1. The number of nitrogens with one attached hydrogen (secondary N) is 1. The van der Waals surface area contributed by atoms with E-state index < -0.39 is 11.9 Å². The van der Waals surface area contributed by atoms with Gasteiger partial charge < -0.3 is 19.2 Å². The van der Waals surface area contributed by atoms with Crippen LogP contribution in [0.1, 0.15) is 29.9 Å². The molecule has 1 amide bonds. The van der Waals surface area contributed by atoms with Crippen LogP contribution >= 0.6 is 0 Å². The van der Waals surface area contributed by atoms with Crippen molar-refractivity contribution >= 4 is 22.8 Å². The quantitative estimate of drug-likeness (QED) is 0.629. The Kier molecular flexibility index (Phi) is 5.99. The summed E-state index contributed by atoms with van der Waals surface area (Å²) >= 11 is 0. The van der Waals surface area contributed by atoms with E-state index in [0.717, 1.165) is 22.1 Å². The van der Waals surface area contributed by atoms with Gasteiger partial charge in [-0.05, 0) is 50.1 Å². The molecule has 0 aliphatic carbocycles. The highest BCUT2D eigenvalue weighted by Gasteiger charge is 2.16. The molecule has 0 saturated heterocycles. The van der Waals surface area contributed by atoms with Crippen molar-refractivity contribution < 1.29 is 23.5 Å². The van der Waals surface area contributed by atoms with Gasteiger partial charge in [0.15, 0.2) is 13.2 Å². The number of amides is 1. The molecule has 1 atom stereocenters. The van der Waals surface area contributed by atoms with Crippen molar-refractivity contribution in [2.45, 2.75) is 26.8 Å². The normalized spacial score (nSPS) is 11.8. The van der Waals surface area contributed by atoms with Gasteiger partial charge >= 0.3 is 5.97 Å². The van der Waals surface area contributed by atoms with Gasteiger partial charge in [0.25, 0.3) is 5.91 Å². The summed E-state index contributed by atoms with van der Waals surface area (Å²) in [5.41, 5.74) is 2.80. The molecule has 146 valence electrons. The Bertz CT molecular complexity index is 959. The number of carbonyl (C=O) groups excluding carboxylic acids is 2. The van der Waals surface area contributed by atoms with Gasteiger partial charge in [0.1, 0.15) is 17.1 Å². The maximum absolute atomic E-state index is 12.0. The summed E-state index contributed by atoms with van der Waals surface area (Å²) in [4.78, 5) is 23.9. The first-order valence-corrected chi connectivity index (χ1v) is 9.06. The monoisotopic (exact) mass is 381 g/mol. The number of aryl methyl sites for hydroxylation is 1. The lowest BCUT2D eigenvalue weighted by molar-refractivity contribution is -0.150. The van der Waals surface area contributed by atoms with Crippen LogP contribution in [0.3, 0.4) is 0 Å². The van der Waals surface area contributed by atoms with Crippen molar-refractivity contribution in [3.63, 3.8) is 0 Å². The van der Waals surface area contributed by atoms with Gasteiger partial charge in [0.2, 0.25) is 0 Å². The zero-order valence-corrected chi connectivity index (χ0v) is 16.2. The molecule has 3 rings (SSSR count). The van der Waals surface area contributed by atoms with Gasteiger partial charge in [-0.1, -0.05) is 30.3 Å². The second kappa shape index (κ2) is 8.61. The van der Waals surface area contributed by atoms with Crippen LogP contribution < -0.4 is 10.1 Å². The molecular formula is C22H23NO5. The number of carbonyl (C=O) groups is 2. The summed E-state index contributed by atoms with van der Waals surface area (Å²) in [7, 11) is 0. The van der Waals surface area contributed by atoms with Gasteiger partial charge in [-0.15, -0.1) is 0 Å². The minimum Gasteiger partial charge on any atom is -0.482 e. The van der Waals surface area contributed by atoms with Gasteiger partial charge in [-0.2, -0.15) is 0 Å². The van der Waals surface area contributed by atoms with Crippen LogP contribution in [0.4, 0.5) is 0 Å². The van der Waals surface area contributed by atoms with Crippen LogP contribution in [0.25, 0.3) is 11.0 Å². The standard InChI is InChI=1S/C22H23NO5/c1-14-7-6-10-18(15(14)2)26-13-22(25)27-12-21(24)23-16(3)20-11-17-8-4-5-9-19(17)28-20/h4-11,16H,12-13H2,1-3H3,(H,23,24)/t16-/m0/s1. The summed E-state index contributed by atoms with van der Waals surface area (Å²) in [6, 6.07) is 14.8. The maximum atomic E-state index is 12.0. The van der Waals surface area contributed by atoms with E-state index in [1.54, 1.807) is 13.0 Å². The van der Waals surface area contributed by atoms with E-state index >= 15 is 0 Å². The highest BCUT2D eigenvalue weighted by atomic mass is 16.6. The van der Waals surface area contributed by atoms with Crippen molar-refractivity contribution in [1.82, 2.24) is 5.32 Å². The minimum absolute atomic E-state index is 0.253. The smallest absolute Gasteiger partial charge is 0.344 e. The second-order valence-electron chi connectivity index (χ2n) is 6.62. The fraction of sp³-hybridized carbons (Fsp3) is 0.273. The molecule has 6 heteroatoms. The second-order valence-corrected chi connectivity index (χ2v) is 6.62. The molecule has 3 aromatic rings. The molecule has 0 aliphatic heterocycles. The van der Waals surface area contributed by atoms with E-state index in [1.807, 2.05) is 56.3 Å². The summed E-state index contributed by atoms with van der Waals surface area (Å²) in [6.45, 7) is 5.06. The summed E-state index contributed by atoms with van der Waals surface area (Å²) in [5.74, 6) is 0.250. The SMILES string of the molecule is Cc1cccc(OCC(=O)OCC(=O)N[C@@H](C)c2cc3ccccc3o2)c1C. The number of ether oxygens (including phenoxy) is 2. The van der Waals surface area contributed by atoms with E-state index in [9.17, 15) is 9.59 Å². The Morgan fingerprint density at radius 2 is 1.86 bits per heavy atom. The van der Waals surface area contributed by atoms with E-state index in [1.165, 1.54) is 0 Å². The van der Waals surface area contributed by atoms with E-state index in [-0.39, 0.29) is 19.3 Å². The molecule has 2 aromatic carbocycles. The Balaban J connectivity index is 1.45. The number of furan rings is 1. The highest BCUT2D eigenvalue weighted by Crippen LogP contribution is 2.23. The largest absolute Gasteiger partial charge is 0.482 e. The Labute approximate surface area is 163 Å². The molecule has 1 N–H and O–H groups in total. The van der Waals surface area contributed by atoms with Crippen LogP contribution in [0.5, 0.6) is 5.75 Å². The first kappa shape index (κ1) is 19.5. The van der Waals surface area contributed by atoms with Crippen molar-refractivity contribution in [3.8, 4) is 5.75 Å². The molecule has 0 aliphatic rings. The molecular weight excluding hydrogens is 358 g/mol. The van der Waals surface area contributed by atoms with Gasteiger partial charge in [0, 0.05) is 5.39 Å². The van der Waals surface area contributed by atoms with Crippen molar-refractivity contribution in [2.75, 3.05) is 13.2 Å². The first-order chi connectivity index (χ1) is 13.4. The molecule has 0 bridgehead atoms. The zero-order valence-electron chi connectivity index (χ0n) is 16.2. The van der Waals surface area contributed by atoms with Crippen LogP contribution in [0, 0.1) is 13.8 Å². The fourth-order valence-corrected chi connectivity index (χ4v) is 2.78. The molecule has 1 aromatic heterocycles. The summed E-state index contributed by atoms with van der Waals surface area (Å²) < 4.78 is 16.2. The minimum atomic E-state index is -0.604. The number of hydrogen-bond donors (Lipinski definition) is 1. The molecule has 28 heavy (non-hydrogen) atoms. The molecule has 0 radical (unpaired) electrons. The van der Waals surface area contributed by atoms with Crippen LogP contribution in [-0.2, 0) is 14.3 Å². The van der Waals surface area contributed by atoms with Gasteiger partial charge in [0.05, 0.1) is 6.04 Å². The fourth-order valence-electron chi connectivity index (χ4n) is 2.78. The zero-order chi connectivity index (χ0) is 20.1. The van der Waals surface area contributed by atoms with Gasteiger partial charge in [-0.3, -0.25) is 4.79 Å². The average Bonchev–Trinajstić information content (AvgIpc) is 3.12. The van der Waals surface area contributed by atoms with E-state index in [0.29, 0.717) is 11.5 Å². The summed E-state index contributed by atoms with van der Waals surface area (Å²) in [6.07, 6.45) is 0. The first-order valence-electron chi connectivity index (χ1n) is 9.06. The lowest BCUT2D eigenvalue weighted by Gasteiger charge is -2.12. The predicted molar refractivity (Wildman–Crippen MR) is 105 cm³/mol. The van der Waals surface area contributed by atoms with Crippen LogP contribution in [0.2, 0.25) is 0 Å². The molecule has 0 fully saturated rings. The maximum Gasteiger partial charge on any atom is 0.344 e. The van der Waals surface area contributed by atoms with Gasteiger partial charge in [-0.25, -0.2) is 4.79 Å². The molecule has 1 heterocycles. The van der Waals surface area contributed by atoms with E-state index in [2.05, 4.69) is 5.32 Å². The Morgan fingerprint density at radius 3 is 2.64 bits per heavy atom. The number of fused-ring (bicyclic) bond motifs is 1. The third-order valence-electron chi connectivity index (χ3n) is 4.51. The molecule has 0 spiro atoms. The van der Waals surface area contributed by atoms with Crippen molar-refractivity contribution in [1.29, 1.82) is 0 Å². The van der Waals surface area contributed by atoms with Crippen molar-refractivity contribution in [3.05, 3.63) is 65.4 Å². The number of benzene rings is 2. The molecule has 6 nitrogen and oxygen atoms in total. The number of rotatable bonds is 7. The predicted octanol–water partition coefficient (Wildman–Crippen LogP) is 3.85. The average molecular weight is 381 g/mol.